The molecule has 2 rings (SSSR count). The summed E-state index contributed by atoms with van der Waals surface area (Å²) in [6, 6.07) is 0.402. The molecule has 1 amide bonds. The molecule has 2 fully saturated rings. The van der Waals surface area contributed by atoms with Gasteiger partial charge in [-0.25, -0.2) is 0 Å². The SMILES string of the molecule is CC1CCC(NC(=O)CN2CC(C)OC(C)C2)CC1. The number of hydrogen-bond donors (Lipinski definition) is 1. The Bertz CT molecular complexity index is 291. The van der Waals surface area contributed by atoms with E-state index in [0.29, 0.717) is 12.6 Å². The molecule has 1 saturated carbocycles. The van der Waals surface area contributed by atoms with Crippen LogP contribution >= 0.6 is 0 Å². The predicted octanol–water partition coefficient (Wildman–Crippen LogP) is 1.79. The molecule has 1 aliphatic carbocycles. The Labute approximate surface area is 116 Å². The molecule has 0 aromatic rings. The average Bonchev–Trinajstić information content (AvgIpc) is 2.30. The van der Waals surface area contributed by atoms with E-state index in [1.165, 1.54) is 12.8 Å². The number of carbonyl (C=O) groups excluding carboxylic acids is 1. The van der Waals surface area contributed by atoms with Crippen LogP contribution in [0, 0.1) is 5.92 Å². The first-order valence-electron chi connectivity index (χ1n) is 7.70. The van der Waals surface area contributed by atoms with Crippen LogP contribution in [0.3, 0.4) is 0 Å². The largest absolute Gasteiger partial charge is 0.373 e. The van der Waals surface area contributed by atoms with E-state index in [2.05, 4.69) is 31.0 Å². The Morgan fingerprint density at radius 3 is 2.26 bits per heavy atom. The molecule has 4 heteroatoms. The van der Waals surface area contributed by atoms with Crippen LogP contribution in [0.15, 0.2) is 0 Å². The molecule has 0 aromatic heterocycles. The summed E-state index contributed by atoms with van der Waals surface area (Å²) in [7, 11) is 0. The summed E-state index contributed by atoms with van der Waals surface area (Å²) in [5, 5.41) is 3.19. The van der Waals surface area contributed by atoms with Crippen molar-refractivity contribution in [2.24, 2.45) is 5.92 Å². The lowest BCUT2D eigenvalue weighted by Gasteiger charge is -2.35. The number of hydrogen-bond acceptors (Lipinski definition) is 3. The Hall–Kier alpha value is -0.610. The zero-order chi connectivity index (χ0) is 13.8. The summed E-state index contributed by atoms with van der Waals surface area (Å²) in [6.07, 6.45) is 5.23. The van der Waals surface area contributed by atoms with Crippen LogP contribution in [-0.2, 0) is 9.53 Å². The molecule has 1 saturated heterocycles. The van der Waals surface area contributed by atoms with Gasteiger partial charge in [-0.05, 0) is 45.4 Å². The van der Waals surface area contributed by atoms with Crippen molar-refractivity contribution in [3.8, 4) is 0 Å². The van der Waals surface area contributed by atoms with Crippen molar-refractivity contribution in [2.45, 2.75) is 64.7 Å². The summed E-state index contributed by atoms with van der Waals surface area (Å²) in [6.45, 7) is 8.68. The second-order valence-corrected chi connectivity index (χ2v) is 6.48. The molecule has 0 bridgehead atoms. The number of nitrogens with zero attached hydrogens (tertiary/aromatic N) is 1. The Balaban J connectivity index is 1.72. The van der Waals surface area contributed by atoms with Crippen LogP contribution < -0.4 is 5.32 Å². The van der Waals surface area contributed by atoms with E-state index in [1.807, 2.05) is 0 Å². The van der Waals surface area contributed by atoms with Crippen LogP contribution in [0.1, 0.15) is 46.5 Å². The Morgan fingerprint density at radius 2 is 1.68 bits per heavy atom. The highest BCUT2D eigenvalue weighted by atomic mass is 16.5. The lowest BCUT2D eigenvalue weighted by atomic mass is 9.87. The Kier molecular flexibility index (Phi) is 5.22. The van der Waals surface area contributed by atoms with Gasteiger partial charge in [-0.15, -0.1) is 0 Å². The van der Waals surface area contributed by atoms with Gasteiger partial charge in [0.25, 0.3) is 0 Å². The van der Waals surface area contributed by atoms with Crippen molar-refractivity contribution < 1.29 is 9.53 Å². The lowest BCUT2D eigenvalue weighted by molar-refractivity contribution is -0.126. The molecule has 1 N–H and O–H groups in total. The van der Waals surface area contributed by atoms with E-state index in [-0.39, 0.29) is 18.1 Å². The second-order valence-electron chi connectivity index (χ2n) is 6.48. The highest BCUT2D eigenvalue weighted by Crippen LogP contribution is 2.23. The first kappa shape index (κ1) is 14.8. The van der Waals surface area contributed by atoms with Gasteiger partial charge in [0, 0.05) is 19.1 Å². The third-order valence-corrected chi connectivity index (χ3v) is 4.24. The third kappa shape index (κ3) is 4.77. The average molecular weight is 268 g/mol. The fourth-order valence-corrected chi connectivity index (χ4v) is 3.29. The minimum absolute atomic E-state index is 0.181. The van der Waals surface area contributed by atoms with Crippen molar-refractivity contribution in [2.75, 3.05) is 19.6 Å². The number of amides is 1. The first-order chi connectivity index (χ1) is 9.02. The summed E-state index contributed by atoms with van der Waals surface area (Å²) in [5.41, 5.74) is 0. The van der Waals surface area contributed by atoms with E-state index in [9.17, 15) is 4.79 Å². The van der Waals surface area contributed by atoms with Crippen LogP contribution in [0.2, 0.25) is 0 Å². The van der Waals surface area contributed by atoms with Crippen LogP contribution in [0.4, 0.5) is 0 Å². The molecule has 2 aliphatic rings. The molecule has 1 heterocycles. The number of nitrogens with one attached hydrogen (secondary N) is 1. The van der Waals surface area contributed by atoms with E-state index in [1.54, 1.807) is 0 Å². The molecule has 4 nitrogen and oxygen atoms in total. The fraction of sp³-hybridized carbons (Fsp3) is 0.933. The van der Waals surface area contributed by atoms with Crippen molar-refractivity contribution in [1.29, 1.82) is 0 Å². The van der Waals surface area contributed by atoms with Gasteiger partial charge < -0.3 is 10.1 Å². The highest BCUT2D eigenvalue weighted by molar-refractivity contribution is 5.78. The topological polar surface area (TPSA) is 41.6 Å². The van der Waals surface area contributed by atoms with Gasteiger partial charge in [-0.3, -0.25) is 9.69 Å². The van der Waals surface area contributed by atoms with Gasteiger partial charge in [0.1, 0.15) is 0 Å². The summed E-state index contributed by atoms with van der Waals surface area (Å²) in [5.74, 6) is 1.01. The minimum atomic E-state index is 0.181. The van der Waals surface area contributed by atoms with Crippen molar-refractivity contribution in [3.05, 3.63) is 0 Å². The first-order valence-corrected chi connectivity index (χ1v) is 7.70. The van der Waals surface area contributed by atoms with Crippen LogP contribution in [-0.4, -0.2) is 48.7 Å². The van der Waals surface area contributed by atoms with Crippen LogP contribution in [0.25, 0.3) is 0 Å². The maximum Gasteiger partial charge on any atom is 0.234 e. The minimum Gasteiger partial charge on any atom is -0.373 e. The monoisotopic (exact) mass is 268 g/mol. The predicted molar refractivity (Wildman–Crippen MR) is 76.0 cm³/mol. The highest BCUT2D eigenvalue weighted by Gasteiger charge is 2.25. The normalized spacial score (nSPS) is 37.0. The van der Waals surface area contributed by atoms with Crippen molar-refractivity contribution in [1.82, 2.24) is 10.2 Å². The molecular weight excluding hydrogens is 240 g/mol. The zero-order valence-electron chi connectivity index (χ0n) is 12.5. The Morgan fingerprint density at radius 1 is 1.11 bits per heavy atom. The van der Waals surface area contributed by atoms with Gasteiger partial charge in [0.15, 0.2) is 0 Å². The molecule has 1 aliphatic heterocycles. The molecule has 19 heavy (non-hydrogen) atoms. The number of morpholine rings is 1. The van der Waals surface area contributed by atoms with Gasteiger partial charge in [-0.2, -0.15) is 0 Å². The fourth-order valence-electron chi connectivity index (χ4n) is 3.29. The molecular formula is C15H28N2O2. The summed E-state index contributed by atoms with van der Waals surface area (Å²) in [4.78, 5) is 14.3. The van der Waals surface area contributed by atoms with E-state index in [0.717, 1.165) is 31.8 Å². The number of ether oxygens (including phenoxy) is 1. The van der Waals surface area contributed by atoms with Crippen molar-refractivity contribution >= 4 is 5.91 Å². The zero-order valence-corrected chi connectivity index (χ0v) is 12.5. The molecule has 0 radical (unpaired) electrons. The lowest BCUT2D eigenvalue weighted by Crippen LogP contribution is -2.50. The summed E-state index contributed by atoms with van der Waals surface area (Å²) >= 11 is 0. The smallest absolute Gasteiger partial charge is 0.234 e. The van der Waals surface area contributed by atoms with Gasteiger partial charge >= 0.3 is 0 Å². The maximum atomic E-state index is 12.1. The van der Waals surface area contributed by atoms with E-state index >= 15 is 0 Å². The van der Waals surface area contributed by atoms with Gasteiger partial charge in [0.2, 0.25) is 5.91 Å². The van der Waals surface area contributed by atoms with Crippen LogP contribution in [0.5, 0.6) is 0 Å². The maximum absolute atomic E-state index is 12.1. The molecule has 2 unspecified atom stereocenters. The van der Waals surface area contributed by atoms with E-state index in [4.69, 9.17) is 4.74 Å². The third-order valence-electron chi connectivity index (χ3n) is 4.24. The quantitative estimate of drug-likeness (QED) is 0.848. The molecule has 0 spiro atoms. The standard InChI is InChI=1S/C15H28N2O2/c1-11-4-6-14(7-5-11)16-15(18)10-17-8-12(2)19-13(3)9-17/h11-14H,4-10H2,1-3H3,(H,16,18). The molecule has 0 aromatic carbocycles. The van der Waals surface area contributed by atoms with E-state index < -0.39 is 0 Å². The van der Waals surface area contributed by atoms with Crippen molar-refractivity contribution in [3.63, 3.8) is 0 Å². The number of rotatable bonds is 3. The summed E-state index contributed by atoms with van der Waals surface area (Å²) < 4.78 is 5.69. The number of carbonyl (C=O) groups is 1. The van der Waals surface area contributed by atoms with Gasteiger partial charge in [0.05, 0.1) is 18.8 Å². The molecule has 110 valence electrons. The molecule has 2 atom stereocenters. The second kappa shape index (κ2) is 6.71. The van der Waals surface area contributed by atoms with Gasteiger partial charge in [-0.1, -0.05) is 6.92 Å².